The van der Waals surface area contributed by atoms with Gasteiger partial charge in [-0.05, 0) is 46.1 Å². The summed E-state index contributed by atoms with van der Waals surface area (Å²) in [5, 5.41) is 7.19. The number of carbonyl (C=O) groups excluding carboxylic acids is 1. The van der Waals surface area contributed by atoms with E-state index in [0.29, 0.717) is 25.2 Å². The van der Waals surface area contributed by atoms with Crippen LogP contribution in [0.15, 0.2) is 0 Å². The van der Waals surface area contributed by atoms with Crippen molar-refractivity contribution in [3.05, 3.63) is 17.0 Å². The van der Waals surface area contributed by atoms with E-state index in [1.54, 1.807) is 4.52 Å². The summed E-state index contributed by atoms with van der Waals surface area (Å²) in [6, 6.07) is 0.0883. The number of hydrogen-bond donors (Lipinski definition) is 2. The number of nitrogens with one attached hydrogen (secondary N) is 1. The number of rotatable bonds is 4. The van der Waals surface area contributed by atoms with Gasteiger partial charge in [0, 0.05) is 17.8 Å². The number of fused-ring (bicyclic) bond motifs is 1. The molecule has 2 aromatic heterocycles. The van der Waals surface area contributed by atoms with E-state index < -0.39 is 0 Å². The van der Waals surface area contributed by atoms with Gasteiger partial charge in [0.2, 0.25) is 11.9 Å². The molecule has 1 saturated heterocycles. The molecule has 0 aliphatic carbocycles. The molecule has 3 heterocycles. The standard InChI is InChI=1S/C16H24N6O2/c1-9-12(10(2)22-15(18-9)20-14(17)21-22)5-6-13(23)19-11-7-16(3,4)24-8-11/h11H,5-8H2,1-4H3,(H2,17,21)(H,19,23). The Kier molecular flexibility index (Phi) is 4.16. The molecule has 8 heteroatoms. The van der Waals surface area contributed by atoms with E-state index in [9.17, 15) is 4.79 Å². The lowest BCUT2D eigenvalue weighted by atomic mass is 10.0. The maximum Gasteiger partial charge on any atom is 0.254 e. The summed E-state index contributed by atoms with van der Waals surface area (Å²) in [7, 11) is 0. The van der Waals surface area contributed by atoms with E-state index in [1.165, 1.54) is 0 Å². The van der Waals surface area contributed by atoms with Gasteiger partial charge in [0.15, 0.2) is 0 Å². The van der Waals surface area contributed by atoms with Crippen LogP contribution >= 0.6 is 0 Å². The molecular formula is C16H24N6O2. The molecule has 0 spiro atoms. The Bertz CT molecular complexity index is 782. The first-order chi connectivity index (χ1) is 11.2. The number of amides is 1. The zero-order chi connectivity index (χ0) is 17.5. The van der Waals surface area contributed by atoms with Crippen molar-refractivity contribution in [2.24, 2.45) is 0 Å². The maximum absolute atomic E-state index is 12.2. The second kappa shape index (κ2) is 6.01. The quantitative estimate of drug-likeness (QED) is 0.863. The predicted octanol–water partition coefficient (Wildman–Crippen LogP) is 0.940. The summed E-state index contributed by atoms with van der Waals surface area (Å²) in [6.07, 6.45) is 1.84. The molecule has 3 N–H and O–H groups in total. The molecule has 1 atom stereocenters. The highest BCUT2D eigenvalue weighted by Gasteiger charge is 2.32. The van der Waals surface area contributed by atoms with Crippen molar-refractivity contribution in [2.45, 2.75) is 58.6 Å². The molecule has 1 unspecified atom stereocenters. The largest absolute Gasteiger partial charge is 0.373 e. The van der Waals surface area contributed by atoms with E-state index in [0.717, 1.165) is 23.4 Å². The smallest absolute Gasteiger partial charge is 0.254 e. The van der Waals surface area contributed by atoms with Gasteiger partial charge >= 0.3 is 0 Å². The predicted molar refractivity (Wildman–Crippen MR) is 89.6 cm³/mol. The fraction of sp³-hybridized carbons (Fsp3) is 0.625. The molecule has 0 saturated carbocycles. The van der Waals surface area contributed by atoms with Crippen LogP contribution in [0.1, 0.15) is 43.6 Å². The number of nitrogens with two attached hydrogens (primary N) is 1. The molecule has 24 heavy (non-hydrogen) atoms. The summed E-state index contributed by atoms with van der Waals surface area (Å²) < 4.78 is 7.28. The van der Waals surface area contributed by atoms with Crippen LogP contribution in [-0.2, 0) is 16.0 Å². The molecule has 0 radical (unpaired) electrons. The van der Waals surface area contributed by atoms with E-state index in [1.807, 2.05) is 27.7 Å². The van der Waals surface area contributed by atoms with Crippen LogP contribution in [0.4, 0.5) is 5.95 Å². The van der Waals surface area contributed by atoms with Gasteiger partial charge in [-0.25, -0.2) is 4.98 Å². The van der Waals surface area contributed by atoms with Crippen molar-refractivity contribution in [3.63, 3.8) is 0 Å². The lowest BCUT2D eigenvalue weighted by molar-refractivity contribution is -0.121. The summed E-state index contributed by atoms with van der Waals surface area (Å²) in [4.78, 5) is 20.7. The third-order valence-electron chi connectivity index (χ3n) is 4.45. The van der Waals surface area contributed by atoms with Crippen LogP contribution in [0.5, 0.6) is 0 Å². The third-order valence-corrected chi connectivity index (χ3v) is 4.45. The molecule has 130 valence electrons. The topological polar surface area (TPSA) is 107 Å². The fourth-order valence-electron chi connectivity index (χ4n) is 3.25. The Morgan fingerprint density at radius 3 is 2.83 bits per heavy atom. The minimum Gasteiger partial charge on any atom is -0.373 e. The highest BCUT2D eigenvalue weighted by molar-refractivity contribution is 5.76. The summed E-state index contributed by atoms with van der Waals surface area (Å²) in [6.45, 7) is 8.50. The third kappa shape index (κ3) is 3.33. The van der Waals surface area contributed by atoms with Gasteiger partial charge in [0.05, 0.1) is 18.2 Å². The summed E-state index contributed by atoms with van der Waals surface area (Å²) in [5.74, 6) is 0.711. The Morgan fingerprint density at radius 1 is 1.42 bits per heavy atom. The minimum absolute atomic E-state index is 0.0262. The van der Waals surface area contributed by atoms with Gasteiger partial charge in [0.25, 0.3) is 5.78 Å². The van der Waals surface area contributed by atoms with Crippen molar-refractivity contribution >= 4 is 17.6 Å². The molecule has 1 fully saturated rings. The summed E-state index contributed by atoms with van der Waals surface area (Å²) in [5.41, 5.74) is 8.25. The number of aromatic nitrogens is 4. The second-order valence-corrected chi connectivity index (χ2v) is 6.98. The van der Waals surface area contributed by atoms with Crippen LogP contribution in [0.25, 0.3) is 5.78 Å². The van der Waals surface area contributed by atoms with Crippen molar-refractivity contribution in [3.8, 4) is 0 Å². The number of carbonyl (C=O) groups is 1. The number of nitrogens with zero attached hydrogens (tertiary/aromatic N) is 4. The lowest BCUT2D eigenvalue weighted by Crippen LogP contribution is -2.36. The number of anilines is 1. The van der Waals surface area contributed by atoms with E-state index in [-0.39, 0.29) is 23.5 Å². The van der Waals surface area contributed by atoms with Crippen LogP contribution in [0.2, 0.25) is 0 Å². The Morgan fingerprint density at radius 2 is 2.17 bits per heavy atom. The Labute approximate surface area is 140 Å². The van der Waals surface area contributed by atoms with E-state index >= 15 is 0 Å². The molecule has 3 rings (SSSR count). The Balaban J connectivity index is 1.66. The molecule has 0 bridgehead atoms. The average Bonchev–Trinajstić information content (AvgIpc) is 3.00. The first-order valence-electron chi connectivity index (χ1n) is 8.17. The average molecular weight is 332 g/mol. The zero-order valence-corrected chi connectivity index (χ0v) is 14.6. The molecule has 1 aliphatic heterocycles. The van der Waals surface area contributed by atoms with Crippen LogP contribution < -0.4 is 11.1 Å². The SMILES string of the molecule is Cc1nc2nc(N)nn2c(C)c1CCC(=O)NC1COC(C)(C)C1. The highest BCUT2D eigenvalue weighted by atomic mass is 16.5. The monoisotopic (exact) mass is 332 g/mol. The molecule has 2 aromatic rings. The van der Waals surface area contributed by atoms with Crippen molar-refractivity contribution in [1.29, 1.82) is 0 Å². The maximum atomic E-state index is 12.2. The fourth-order valence-corrected chi connectivity index (χ4v) is 3.25. The van der Waals surface area contributed by atoms with Crippen molar-refractivity contribution in [1.82, 2.24) is 24.9 Å². The normalized spacial score (nSPS) is 19.8. The minimum atomic E-state index is -0.160. The molecule has 1 aliphatic rings. The zero-order valence-electron chi connectivity index (χ0n) is 14.6. The molecular weight excluding hydrogens is 308 g/mol. The van der Waals surface area contributed by atoms with Crippen molar-refractivity contribution in [2.75, 3.05) is 12.3 Å². The van der Waals surface area contributed by atoms with Crippen LogP contribution in [0, 0.1) is 13.8 Å². The molecule has 8 nitrogen and oxygen atoms in total. The van der Waals surface area contributed by atoms with Crippen molar-refractivity contribution < 1.29 is 9.53 Å². The molecule has 0 aromatic carbocycles. The van der Waals surface area contributed by atoms with Gasteiger partial charge in [-0.3, -0.25) is 4.79 Å². The first kappa shape index (κ1) is 16.6. The van der Waals surface area contributed by atoms with Gasteiger partial charge in [0.1, 0.15) is 0 Å². The number of nitrogen functional groups attached to an aromatic ring is 1. The molecule has 1 amide bonds. The van der Waals surface area contributed by atoms with Crippen LogP contribution in [-0.4, -0.2) is 43.7 Å². The van der Waals surface area contributed by atoms with E-state index in [4.69, 9.17) is 10.5 Å². The van der Waals surface area contributed by atoms with Gasteiger partial charge < -0.3 is 15.8 Å². The number of ether oxygens (including phenoxy) is 1. The Hall–Kier alpha value is -2.22. The van der Waals surface area contributed by atoms with Gasteiger partial charge in [-0.2, -0.15) is 9.50 Å². The highest BCUT2D eigenvalue weighted by Crippen LogP contribution is 2.24. The van der Waals surface area contributed by atoms with Gasteiger partial charge in [-0.15, -0.1) is 5.10 Å². The number of hydrogen-bond acceptors (Lipinski definition) is 6. The van der Waals surface area contributed by atoms with Crippen LogP contribution in [0.3, 0.4) is 0 Å². The van der Waals surface area contributed by atoms with Gasteiger partial charge in [-0.1, -0.05) is 0 Å². The summed E-state index contributed by atoms with van der Waals surface area (Å²) >= 11 is 0. The number of aryl methyl sites for hydroxylation is 2. The second-order valence-electron chi connectivity index (χ2n) is 6.98. The van der Waals surface area contributed by atoms with E-state index in [2.05, 4.69) is 20.4 Å². The first-order valence-corrected chi connectivity index (χ1v) is 8.17. The lowest BCUT2D eigenvalue weighted by Gasteiger charge is -2.16.